The maximum atomic E-state index is 11.9. The van der Waals surface area contributed by atoms with Gasteiger partial charge in [0, 0.05) is 12.0 Å². The highest BCUT2D eigenvalue weighted by Gasteiger charge is 2.28. The van der Waals surface area contributed by atoms with Gasteiger partial charge in [-0.25, -0.2) is 0 Å². The van der Waals surface area contributed by atoms with Gasteiger partial charge < -0.3 is 15.1 Å². The number of hydrogen-bond donors (Lipinski definition) is 2. The van der Waals surface area contributed by atoms with Crippen LogP contribution in [0.25, 0.3) is 0 Å². The minimum atomic E-state index is -0.395. The molecule has 5 heteroatoms. The first-order chi connectivity index (χ1) is 8.47. The van der Waals surface area contributed by atoms with Crippen molar-refractivity contribution in [3.8, 4) is 0 Å². The summed E-state index contributed by atoms with van der Waals surface area (Å²) in [5, 5.41) is 5.56. The first kappa shape index (κ1) is 12.7. The molecule has 0 aromatic carbocycles. The maximum absolute atomic E-state index is 11.9. The molecule has 1 aromatic rings. The Labute approximate surface area is 106 Å². The van der Waals surface area contributed by atoms with Crippen molar-refractivity contribution < 1.29 is 14.0 Å². The van der Waals surface area contributed by atoms with Crippen molar-refractivity contribution in [1.82, 2.24) is 10.6 Å². The standard InChI is InChI=1S/C13H18N2O3/c1-7-6-10(9(3)18-7)8(2)14-13(17)11-4-5-12(16)15-11/h6,8,11H,4-5H2,1-3H3,(H,14,17)(H,15,16)/t8-,11-/m1/s1. The Morgan fingerprint density at radius 3 is 2.78 bits per heavy atom. The van der Waals surface area contributed by atoms with Gasteiger partial charge >= 0.3 is 0 Å². The van der Waals surface area contributed by atoms with Crippen LogP contribution in [0.1, 0.15) is 42.9 Å². The molecule has 2 atom stereocenters. The lowest BCUT2D eigenvalue weighted by Crippen LogP contribution is -2.42. The molecule has 1 aromatic heterocycles. The third-order valence-corrected chi connectivity index (χ3v) is 3.22. The molecule has 1 saturated heterocycles. The number of aryl methyl sites for hydroxylation is 2. The summed E-state index contributed by atoms with van der Waals surface area (Å²) in [6, 6.07) is 1.41. The molecule has 0 aliphatic carbocycles. The van der Waals surface area contributed by atoms with E-state index >= 15 is 0 Å². The van der Waals surface area contributed by atoms with Gasteiger partial charge in [-0.05, 0) is 33.3 Å². The van der Waals surface area contributed by atoms with Gasteiger partial charge in [0.1, 0.15) is 17.6 Å². The number of carbonyl (C=O) groups excluding carboxylic acids is 2. The van der Waals surface area contributed by atoms with Crippen molar-refractivity contribution >= 4 is 11.8 Å². The molecule has 0 spiro atoms. The summed E-state index contributed by atoms with van der Waals surface area (Å²) < 4.78 is 5.44. The van der Waals surface area contributed by atoms with Gasteiger partial charge in [-0.1, -0.05) is 0 Å². The second-order valence-electron chi connectivity index (χ2n) is 4.76. The van der Waals surface area contributed by atoms with Crippen LogP contribution in [0, 0.1) is 13.8 Å². The smallest absolute Gasteiger partial charge is 0.243 e. The second-order valence-corrected chi connectivity index (χ2v) is 4.76. The second kappa shape index (κ2) is 4.84. The Morgan fingerprint density at radius 1 is 1.56 bits per heavy atom. The molecule has 5 nitrogen and oxygen atoms in total. The van der Waals surface area contributed by atoms with Crippen LogP contribution < -0.4 is 10.6 Å². The van der Waals surface area contributed by atoms with Gasteiger partial charge in [-0.3, -0.25) is 9.59 Å². The Morgan fingerprint density at radius 2 is 2.28 bits per heavy atom. The number of hydrogen-bond acceptors (Lipinski definition) is 3. The highest BCUT2D eigenvalue weighted by Crippen LogP contribution is 2.21. The van der Waals surface area contributed by atoms with Crippen LogP contribution in [0.2, 0.25) is 0 Å². The van der Waals surface area contributed by atoms with Crippen LogP contribution in [0.4, 0.5) is 0 Å². The van der Waals surface area contributed by atoms with E-state index in [4.69, 9.17) is 4.42 Å². The normalized spacial score (nSPS) is 20.6. The van der Waals surface area contributed by atoms with E-state index in [1.54, 1.807) is 0 Å². The number of amides is 2. The zero-order valence-electron chi connectivity index (χ0n) is 10.9. The number of carbonyl (C=O) groups is 2. The van der Waals surface area contributed by atoms with Crippen molar-refractivity contribution in [2.75, 3.05) is 0 Å². The lowest BCUT2D eigenvalue weighted by molar-refractivity contribution is -0.126. The molecule has 2 N–H and O–H groups in total. The first-order valence-corrected chi connectivity index (χ1v) is 6.14. The molecule has 1 aliphatic heterocycles. The minimum Gasteiger partial charge on any atom is -0.466 e. The molecule has 0 unspecified atom stereocenters. The molecule has 1 fully saturated rings. The lowest BCUT2D eigenvalue weighted by atomic mass is 10.1. The van der Waals surface area contributed by atoms with Gasteiger partial charge in [-0.15, -0.1) is 0 Å². The largest absolute Gasteiger partial charge is 0.466 e. The van der Waals surface area contributed by atoms with E-state index in [9.17, 15) is 9.59 Å². The van der Waals surface area contributed by atoms with Gasteiger partial charge in [0.2, 0.25) is 11.8 Å². The molecular weight excluding hydrogens is 232 g/mol. The zero-order chi connectivity index (χ0) is 13.3. The van der Waals surface area contributed by atoms with Gasteiger partial charge in [-0.2, -0.15) is 0 Å². The van der Waals surface area contributed by atoms with Crippen LogP contribution in [0.3, 0.4) is 0 Å². The fourth-order valence-electron chi connectivity index (χ4n) is 2.28. The van der Waals surface area contributed by atoms with E-state index in [1.165, 1.54) is 0 Å². The van der Waals surface area contributed by atoms with E-state index in [0.29, 0.717) is 12.8 Å². The molecule has 0 bridgehead atoms. The quantitative estimate of drug-likeness (QED) is 0.850. The maximum Gasteiger partial charge on any atom is 0.243 e. The molecule has 0 saturated carbocycles. The molecule has 18 heavy (non-hydrogen) atoms. The summed E-state index contributed by atoms with van der Waals surface area (Å²) >= 11 is 0. The Bertz CT molecular complexity index is 479. The molecular formula is C13H18N2O3. The number of rotatable bonds is 3. The van der Waals surface area contributed by atoms with Crippen LogP contribution in [-0.2, 0) is 9.59 Å². The third kappa shape index (κ3) is 2.55. The summed E-state index contributed by atoms with van der Waals surface area (Å²) in [6.45, 7) is 5.66. The van der Waals surface area contributed by atoms with Crippen LogP contribution >= 0.6 is 0 Å². The molecule has 98 valence electrons. The van der Waals surface area contributed by atoms with Crippen LogP contribution in [0.5, 0.6) is 0 Å². The fourth-order valence-corrected chi connectivity index (χ4v) is 2.28. The molecule has 2 rings (SSSR count). The van der Waals surface area contributed by atoms with Crippen molar-refractivity contribution in [3.05, 3.63) is 23.2 Å². The van der Waals surface area contributed by atoms with Gasteiger partial charge in [0.15, 0.2) is 0 Å². The first-order valence-electron chi connectivity index (χ1n) is 6.14. The topological polar surface area (TPSA) is 71.3 Å². The Hall–Kier alpha value is -1.78. The Kier molecular flexibility index (Phi) is 3.41. The summed E-state index contributed by atoms with van der Waals surface area (Å²) in [5.74, 6) is 1.46. The summed E-state index contributed by atoms with van der Waals surface area (Å²) in [6.07, 6.45) is 0.997. The summed E-state index contributed by atoms with van der Waals surface area (Å²) in [7, 11) is 0. The van der Waals surface area contributed by atoms with E-state index in [0.717, 1.165) is 17.1 Å². The third-order valence-electron chi connectivity index (χ3n) is 3.22. The number of furan rings is 1. The zero-order valence-corrected chi connectivity index (χ0v) is 10.9. The van der Waals surface area contributed by atoms with Crippen LogP contribution in [0.15, 0.2) is 10.5 Å². The average molecular weight is 250 g/mol. The van der Waals surface area contributed by atoms with Crippen LogP contribution in [-0.4, -0.2) is 17.9 Å². The molecule has 0 radical (unpaired) electrons. The highest BCUT2D eigenvalue weighted by atomic mass is 16.3. The predicted molar refractivity (Wildman–Crippen MR) is 65.9 cm³/mol. The monoisotopic (exact) mass is 250 g/mol. The highest BCUT2D eigenvalue weighted by molar-refractivity contribution is 5.90. The van der Waals surface area contributed by atoms with Crippen molar-refractivity contribution in [3.63, 3.8) is 0 Å². The van der Waals surface area contributed by atoms with Crippen molar-refractivity contribution in [1.29, 1.82) is 0 Å². The Balaban J connectivity index is 1.99. The van der Waals surface area contributed by atoms with E-state index in [-0.39, 0.29) is 17.9 Å². The molecule has 2 amide bonds. The van der Waals surface area contributed by atoms with E-state index in [2.05, 4.69) is 10.6 Å². The molecule has 1 aliphatic rings. The SMILES string of the molecule is Cc1cc([C@@H](C)NC(=O)[C@H]2CCC(=O)N2)c(C)o1. The van der Waals surface area contributed by atoms with Crippen molar-refractivity contribution in [2.24, 2.45) is 0 Å². The minimum absolute atomic E-state index is 0.0573. The van der Waals surface area contributed by atoms with E-state index < -0.39 is 6.04 Å². The lowest BCUT2D eigenvalue weighted by Gasteiger charge is -2.16. The summed E-state index contributed by atoms with van der Waals surface area (Å²) in [4.78, 5) is 23.0. The summed E-state index contributed by atoms with van der Waals surface area (Å²) in [5.41, 5.74) is 0.977. The molecule has 2 heterocycles. The van der Waals surface area contributed by atoms with Crippen molar-refractivity contribution in [2.45, 2.75) is 45.7 Å². The average Bonchev–Trinajstić information content (AvgIpc) is 2.84. The number of nitrogens with one attached hydrogen (secondary N) is 2. The fraction of sp³-hybridized carbons (Fsp3) is 0.538. The van der Waals surface area contributed by atoms with Gasteiger partial charge in [0.05, 0.1) is 6.04 Å². The predicted octanol–water partition coefficient (Wildman–Crippen LogP) is 1.35. The van der Waals surface area contributed by atoms with Gasteiger partial charge in [0.25, 0.3) is 0 Å². The van der Waals surface area contributed by atoms with E-state index in [1.807, 2.05) is 26.8 Å².